The molecule has 3 heteroatoms. The molecule has 1 atom stereocenters. The van der Waals surface area contributed by atoms with Crippen LogP contribution in [0.5, 0.6) is 0 Å². The number of hydrogen-bond donors (Lipinski definition) is 1. The van der Waals surface area contributed by atoms with Gasteiger partial charge in [-0.05, 0) is 38.2 Å². The second-order valence-electron chi connectivity index (χ2n) is 7.25. The van der Waals surface area contributed by atoms with Crippen molar-refractivity contribution in [2.24, 2.45) is 0 Å². The summed E-state index contributed by atoms with van der Waals surface area (Å²) in [5, 5.41) is 3.31. The number of carbonyl (C=O) groups is 1. The van der Waals surface area contributed by atoms with Crippen molar-refractivity contribution in [3.8, 4) is 0 Å². The molecular formula is C20H30N2O. The van der Waals surface area contributed by atoms with E-state index in [9.17, 15) is 4.79 Å². The molecule has 1 saturated heterocycles. The topological polar surface area (TPSA) is 32.3 Å². The minimum Gasteiger partial charge on any atom is -0.335 e. The van der Waals surface area contributed by atoms with Crippen LogP contribution in [0.1, 0.15) is 75.0 Å². The van der Waals surface area contributed by atoms with Gasteiger partial charge in [-0.15, -0.1) is 0 Å². The Kier molecular flexibility index (Phi) is 5.58. The van der Waals surface area contributed by atoms with Gasteiger partial charge < -0.3 is 10.2 Å². The molecule has 2 amide bonds. The summed E-state index contributed by atoms with van der Waals surface area (Å²) in [5.41, 5.74) is 2.57. The van der Waals surface area contributed by atoms with Gasteiger partial charge in [0.1, 0.15) is 0 Å². The van der Waals surface area contributed by atoms with Gasteiger partial charge in [-0.3, -0.25) is 0 Å². The summed E-state index contributed by atoms with van der Waals surface area (Å²) in [6.45, 7) is 3.00. The monoisotopic (exact) mass is 314 g/mol. The zero-order valence-electron chi connectivity index (χ0n) is 14.4. The highest BCUT2D eigenvalue weighted by molar-refractivity contribution is 5.75. The Morgan fingerprint density at radius 2 is 1.61 bits per heavy atom. The van der Waals surface area contributed by atoms with Crippen LogP contribution in [-0.2, 0) is 0 Å². The van der Waals surface area contributed by atoms with E-state index in [-0.39, 0.29) is 12.1 Å². The fourth-order valence-electron chi connectivity index (χ4n) is 3.99. The largest absolute Gasteiger partial charge is 0.335 e. The Bertz CT molecular complexity index is 505. The average Bonchev–Trinajstić information content (AvgIpc) is 2.82. The number of likely N-dealkylation sites (tertiary alicyclic amines) is 1. The lowest BCUT2D eigenvalue weighted by Crippen LogP contribution is -2.46. The van der Waals surface area contributed by atoms with Crippen molar-refractivity contribution in [2.75, 3.05) is 6.54 Å². The summed E-state index contributed by atoms with van der Waals surface area (Å²) in [4.78, 5) is 15.0. The number of rotatable bonds is 2. The van der Waals surface area contributed by atoms with Gasteiger partial charge in [-0.1, -0.05) is 61.9 Å². The lowest BCUT2D eigenvalue weighted by Gasteiger charge is -2.33. The number of hydrogen-bond acceptors (Lipinski definition) is 1. The van der Waals surface area contributed by atoms with Gasteiger partial charge in [0.25, 0.3) is 0 Å². The van der Waals surface area contributed by atoms with Crippen LogP contribution < -0.4 is 5.32 Å². The first-order valence-electron chi connectivity index (χ1n) is 9.38. The number of benzene rings is 1. The molecule has 1 aromatic carbocycles. The average molecular weight is 314 g/mol. The van der Waals surface area contributed by atoms with Gasteiger partial charge in [0.05, 0.1) is 6.04 Å². The molecule has 0 bridgehead atoms. The Balaban J connectivity index is 1.72. The number of carbonyl (C=O) groups excluding carboxylic acids is 1. The number of amides is 2. The maximum Gasteiger partial charge on any atom is 0.318 e. The highest BCUT2D eigenvalue weighted by atomic mass is 16.2. The molecule has 1 heterocycles. The van der Waals surface area contributed by atoms with Crippen LogP contribution in [0.3, 0.4) is 0 Å². The molecular weight excluding hydrogens is 284 g/mol. The molecule has 3 rings (SSSR count). The zero-order valence-corrected chi connectivity index (χ0v) is 14.4. The fraction of sp³-hybridized carbons (Fsp3) is 0.650. The van der Waals surface area contributed by atoms with E-state index in [0.717, 1.165) is 32.2 Å². The molecule has 3 nitrogen and oxygen atoms in total. The van der Waals surface area contributed by atoms with E-state index in [2.05, 4.69) is 41.4 Å². The Hall–Kier alpha value is -1.51. The molecule has 1 aromatic rings. The van der Waals surface area contributed by atoms with Crippen molar-refractivity contribution in [3.63, 3.8) is 0 Å². The maximum atomic E-state index is 12.9. The molecule has 23 heavy (non-hydrogen) atoms. The summed E-state index contributed by atoms with van der Waals surface area (Å²) in [6.07, 6.45) is 10.8. The molecule has 1 aliphatic heterocycles. The number of nitrogens with zero attached hydrogens (tertiary/aromatic N) is 1. The molecule has 1 aliphatic carbocycles. The minimum absolute atomic E-state index is 0.157. The Morgan fingerprint density at radius 3 is 2.35 bits per heavy atom. The predicted molar refractivity (Wildman–Crippen MR) is 94.5 cm³/mol. The summed E-state index contributed by atoms with van der Waals surface area (Å²) in [5.74, 6) is 0. The number of aryl methyl sites for hydroxylation is 1. The van der Waals surface area contributed by atoms with Gasteiger partial charge in [0.15, 0.2) is 0 Å². The molecule has 1 unspecified atom stereocenters. The third-order valence-corrected chi connectivity index (χ3v) is 5.41. The van der Waals surface area contributed by atoms with E-state index in [1.807, 2.05) is 0 Å². The molecule has 126 valence electrons. The van der Waals surface area contributed by atoms with Gasteiger partial charge >= 0.3 is 6.03 Å². The van der Waals surface area contributed by atoms with Crippen LogP contribution in [0.4, 0.5) is 4.79 Å². The van der Waals surface area contributed by atoms with Crippen LogP contribution in [-0.4, -0.2) is 23.5 Å². The normalized spacial score (nSPS) is 23.3. The summed E-state index contributed by atoms with van der Waals surface area (Å²) < 4.78 is 0. The first-order chi connectivity index (χ1) is 11.2. The van der Waals surface area contributed by atoms with E-state index in [0.29, 0.717) is 6.04 Å². The molecule has 2 fully saturated rings. The van der Waals surface area contributed by atoms with E-state index in [1.54, 1.807) is 0 Å². The molecule has 0 radical (unpaired) electrons. The van der Waals surface area contributed by atoms with Crippen LogP contribution in [0, 0.1) is 6.92 Å². The fourth-order valence-corrected chi connectivity index (χ4v) is 3.99. The lowest BCUT2D eigenvalue weighted by molar-refractivity contribution is 0.169. The minimum atomic E-state index is 0.157. The second kappa shape index (κ2) is 7.85. The van der Waals surface area contributed by atoms with E-state index < -0.39 is 0 Å². The summed E-state index contributed by atoms with van der Waals surface area (Å²) >= 11 is 0. The van der Waals surface area contributed by atoms with Crippen molar-refractivity contribution in [3.05, 3.63) is 35.4 Å². The van der Waals surface area contributed by atoms with Crippen molar-refractivity contribution in [2.45, 2.75) is 76.8 Å². The third kappa shape index (κ3) is 4.27. The quantitative estimate of drug-likeness (QED) is 0.822. The van der Waals surface area contributed by atoms with Gasteiger partial charge in [-0.25, -0.2) is 4.79 Å². The third-order valence-electron chi connectivity index (χ3n) is 5.41. The van der Waals surface area contributed by atoms with E-state index >= 15 is 0 Å². The summed E-state index contributed by atoms with van der Waals surface area (Å²) in [7, 11) is 0. The van der Waals surface area contributed by atoms with E-state index in [1.165, 1.54) is 43.2 Å². The number of urea groups is 1. The SMILES string of the molecule is Cc1ccc(C2CCCCCN2C(=O)NC2CCCCC2)cc1. The summed E-state index contributed by atoms with van der Waals surface area (Å²) in [6, 6.07) is 9.51. The van der Waals surface area contributed by atoms with Crippen LogP contribution >= 0.6 is 0 Å². The maximum absolute atomic E-state index is 12.9. The molecule has 0 aromatic heterocycles. The van der Waals surface area contributed by atoms with Crippen molar-refractivity contribution in [1.82, 2.24) is 10.2 Å². The van der Waals surface area contributed by atoms with Gasteiger partial charge in [-0.2, -0.15) is 0 Å². The van der Waals surface area contributed by atoms with Crippen LogP contribution in [0.25, 0.3) is 0 Å². The van der Waals surface area contributed by atoms with Crippen molar-refractivity contribution < 1.29 is 4.79 Å². The lowest BCUT2D eigenvalue weighted by atomic mass is 9.95. The second-order valence-corrected chi connectivity index (χ2v) is 7.25. The predicted octanol–water partition coefficient (Wildman–Crippen LogP) is 4.95. The standard InChI is InChI=1S/C20H30N2O/c1-16-11-13-17(14-12-16)19-10-6-3-7-15-22(19)20(23)21-18-8-4-2-5-9-18/h11-14,18-19H,2-10,15H2,1H3,(H,21,23). The molecule has 1 saturated carbocycles. The smallest absolute Gasteiger partial charge is 0.318 e. The van der Waals surface area contributed by atoms with Crippen LogP contribution in [0.2, 0.25) is 0 Å². The first-order valence-corrected chi connectivity index (χ1v) is 9.38. The van der Waals surface area contributed by atoms with E-state index in [4.69, 9.17) is 0 Å². The van der Waals surface area contributed by atoms with Crippen LogP contribution in [0.15, 0.2) is 24.3 Å². The zero-order chi connectivity index (χ0) is 16.1. The Labute approximate surface area is 140 Å². The number of nitrogens with one attached hydrogen (secondary N) is 1. The molecule has 2 aliphatic rings. The first kappa shape index (κ1) is 16.4. The van der Waals surface area contributed by atoms with Gasteiger partial charge in [0.2, 0.25) is 0 Å². The van der Waals surface area contributed by atoms with Crippen molar-refractivity contribution in [1.29, 1.82) is 0 Å². The van der Waals surface area contributed by atoms with Crippen molar-refractivity contribution >= 4 is 6.03 Å². The highest BCUT2D eigenvalue weighted by Gasteiger charge is 2.28. The highest BCUT2D eigenvalue weighted by Crippen LogP contribution is 2.30. The van der Waals surface area contributed by atoms with Gasteiger partial charge in [0, 0.05) is 12.6 Å². The Morgan fingerprint density at radius 1 is 0.957 bits per heavy atom. The molecule has 0 spiro atoms. The molecule has 1 N–H and O–H groups in total.